The molecule has 1 heterocycles. The summed E-state index contributed by atoms with van der Waals surface area (Å²) in [6.07, 6.45) is -3.24. The van der Waals surface area contributed by atoms with Gasteiger partial charge in [-0.1, -0.05) is 0 Å². The largest absolute Gasteiger partial charge is 0.383 e. The Balaban J connectivity index is 3.60. The van der Waals surface area contributed by atoms with E-state index in [9.17, 15) is 23.7 Å². The number of aromatic nitrogens is 1. The molecule has 9 heteroatoms. The number of carbonyl (C=O) groups is 1. The van der Waals surface area contributed by atoms with Crippen LogP contribution in [0.1, 0.15) is 22.5 Å². The van der Waals surface area contributed by atoms with Crippen LogP contribution in [0.25, 0.3) is 0 Å². The number of carbonyl (C=O) groups excluding carboxylic acids is 1. The third-order valence-corrected chi connectivity index (χ3v) is 1.84. The Labute approximate surface area is 92.2 Å². The fourth-order valence-electron chi connectivity index (χ4n) is 1.08. The molecule has 0 saturated carbocycles. The Morgan fingerprint density at radius 1 is 1.62 bits per heavy atom. The SMILES string of the molecule is Nc1cc([N+](=O)[O-])c(C(F)F)c(C(=O)Cl)n1. The molecule has 16 heavy (non-hydrogen) atoms. The number of nitrogens with zero attached hydrogens (tertiary/aromatic N) is 2. The van der Waals surface area contributed by atoms with Gasteiger partial charge in [0, 0.05) is 0 Å². The van der Waals surface area contributed by atoms with Gasteiger partial charge in [0.15, 0.2) is 0 Å². The van der Waals surface area contributed by atoms with Crippen LogP contribution >= 0.6 is 11.6 Å². The van der Waals surface area contributed by atoms with Crippen molar-refractivity contribution in [2.75, 3.05) is 5.73 Å². The summed E-state index contributed by atoms with van der Waals surface area (Å²) in [6, 6.07) is 0.644. The summed E-state index contributed by atoms with van der Waals surface area (Å²) in [4.78, 5) is 23.4. The molecule has 0 aliphatic heterocycles. The normalized spacial score (nSPS) is 10.5. The Bertz CT molecular complexity index is 431. The van der Waals surface area contributed by atoms with Gasteiger partial charge in [0.05, 0.1) is 11.0 Å². The van der Waals surface area contributed by atoms with Crippen molar-refractivity contribution in [3.05, 3.63) is 27.4 Å². The van der Waals surface area contributed by atoms with Crippen molar-refractivity contribution in [1.82, 2.24) is 4.98 Å². The van der Waals surface area contributed by atoms with Gasteiger partial charge in [-0.2, -0.15) is 0 Å². The quantitative estimate of drug-likeness (QED) is 0.502. The molecule has 0 saturated heterocycles. The van der Waals surface area contributed by atoms with E-state index in [4.69, 9.17) is 17.3 Å². The Morgan fingerprint density at radius 3 is 2.56 bits per heavy atom. The van der Waals surface area contributed by atoms with Gasteiger partial charge in [0.2, 0.25) is 0 Å². The van der Waals surface area contributed by atoms with Gasteiger partial charge in [0.25, 0.3) is 17.4 Å². The van der Waals surface area contributed by atoms with Crippen LogP contribution in [0.2, 0.25) is 0 Å². The maximum atomic E-state index is 12.5. The molecular formula is C7H4ClF2N3O3. The highest BCUT2D eigenvalue weighted by atomic mass is 35.5. The van der Waals surface area contributed by atoms with Crippen LogP contribution in [-0.4, -0.2) is 15.1 Å². The van der Waals surface area contributed by atoms with Crippen molar-refractivity contribution in [2.45, 2.75) is 6.43 Å². The van der Waals surface area contributed by atoms with Crippen LogP contribution in [0.3, 0.4) is 0 Å². The summed E-state index contributed by atoms with van der Waals surface area (Å²) in [6.45, 7) is 0. The minimum absolute atomic E-state index is 0.430. The van der Waals surface area contributed by atoms with Gasteiger partial charge in [-0.05, 0) is 11.6 Å². The maximum absolute atomic E-state index is 12.5. The molecule has 0 atom stereocenters. The summed E-state index contributed by atoms with van der Waals surface area (Å²) >= 11 is 4.99. The van der Waals surface area contributed by atoms with Crippen molar-refractivity contribution in [3.63, 3.8) is 0 Å². The lowest BCUT2D eigenvalue weighted by atomic mass is 10.1. The lowest BCUT2D eigenvalue weighted by molar-refractivity contribution is -0.386. The molecule has 0 unspecified atom stereocenters. The van der Waals surface area contributed by atoms with Crippen molar-refractivity contribution in [1.29, 1.82) is 0 Å². The molecule has 2 N–H and O–H groups in total. The van der Waals surface area contributed by atoms with Gasteiger partial charge in [0.1, 0.15) is 17.1 Å². The predicted octanol–water partition coefficient (Wildman–Crippen LogP) is 1.89. The second-order valence-electron chi connectivity index (χ2n) is 2.66. The van der Waals surface area contributed by atoms with Crippen LogP contribution in [0, 0.1) is 10.1 Å². The monoisotopic (exact) mass is 251 g/mol. The van der Waals surface area contributed by atoms with Crippen LogP contribution in [0.5, 0.6) is 0 Å². The first kappa shape index (κ1) is 12.2. The van der Waals surface area contributed by atoms with E-state index >= 15 is 0 Å². The number of hydrogen-bond acceptors (Lipinski definition) is 5. The second-order valence-corrected chi connectivity index (χ2v) is 3.00. The lowest BCUT2D eigenvalue weighted by Crippen LogP contribution is -2.08. The number of alkyl halides is 2. The van der Waals surface area contributed by atoms with E-state index in [2.05, 4.69) is 4.98 Å². The van der Waals surface area contributed by atoms with E-state index in [1.54, 1.807) is 0 Å². The van der Waals surface area contributed by atoms with Crippen molar-refractivity contribution < 1.29 is 18.5 Å². The van der Waals surface area contributed by atoms with Crippen LogP contribution in [0.4, 0.5) is 20.3 Å². The number of rotatable bonds is 3. The number of nitrogens with two attached hydrogens (primary N) is 1. The van der Waals surface area contributed by atoms with E-state index in [1.807, 2.05) is 0 Å². The molecule has 1 aromatic heterocycles. The molecule has 6 nitrogen and oxygen atoms in total. The van der Waals surface area contributed by atoms with Gasteiger partial charge >= 0.3 is 0 Å². The molecular weight excluding hydrogens is 248 g/mol. The average molecular weight is 252 g/mol. The van der Waals surface area contributed by atoms with E-state index in [1.165, 1.54) is 0 Å². The van der Waals surface area contributed by atoms with Crippen molar-refractivity contribution >= 4 is 28.3 Å². The highest BCUT2D eigenvalue weighted by Crippen LogP contribution is 2.33. The van der Waals surface area contributed by atoms with E-state index < -0.39 is 39.4 Å². The third-order valence-electron chi connectivity index (χ3n) is 1.66. The summed E-state index contributed by atoms with van der Waals surface area (Å²) in [5, 5.41) is 9.16. The molecule has 0 aromatic carbocycles. The molecule has 0 aliphatic carbocycles. The summed E-state index contributed by atoms with van der Waals surface area (Å²) < 4.78 is 25.1. The van der Waals surface area contributed by atoms with Gasteiger partial charge in [-0.15, -0.1) is 0 Å². The number of hydrogen-bond donors (Lipinski definition) is 1. The second kappa shape index (κ2) is 4.35. The predicted molar refractivity (Wildman–Crippen MR) is 50.4 cm³/mol. The minimum atomic E-state index is -3.24. The van der Waals surface area contributed by atoms with Crippen molar-refractivity contribution in [2.24, 2.45) is 0 Å². The number of nitro groups is 1. The fraction of sp³-hybridized carbons (Fsp3) is 0.143. The van der Waals surface area contributed by atoms with E-state index in [0.29, 0.717) is 6.07 Å². The number of pyridine rings is 1. The molecule has 86 valence electrons. The van der Waals surface area contributed by atoms with E-state index in [-0.39, 0.29) is 0 Å². The van der Waals surface area contributed by atoms with Gasteiger partial charge in [-0.3, -0.25) is 14.9 Å². The number of nitrogen functional groups attached to an aromatic ring is 1. The first-order chi connectivity index (χ1) is 7.34. The molecule has 0 radical (unpaired) electrons. The zero-order valence-electron chi connectivity index (χ0n) is 7.49. The van der Waals surface area contributed by atoms with Crippen LogP contribution in [0.15, 0.2) is 6.07 Å². The highest BCUT2D eigenvalue weighted by molar-refractivity contribution is 6.67. The van der Waals surface area contributed by atoms with Crippen LogP contribution in [-0.2, 0) is 0 Å². The zero-order valence-corrected chi connectivity index (χ0v) is 8.24. The smallest absolute Gasteiger partial charge is 0.284 e. The molecule has 1 aromatic rings. The molecule has 0 aliphatic rings. The summed E-state index contributed by atoms with van der Waals surface area (Å²) in [5.41, 5.74) is 2.13. The number of anilines is 1. The van der Waals surface area contributed by atoms with E-state index in [0.717, 1.165) is 0 Å². The fourth-order valence-corrected chi connectivity index (χ4v) is 1.22. The molecule has 0 bridgehead atoms. The highest BCUT2D eigenvalue weighted by Gasteiger charge is 2.30. The average Bonchev–Trinajstić information content (AvgIpc) is 2.15. The molecule has 0 fully saturated rings. The van der Waals surface area contributed by atoms with Gasteiger partial charge in [-0.25, -0.2) is 13.8 Å². The molecule has 0 spiro atoms. The number of halogens is 3. The third kappa shape index (κ3) is 2.22. The maximum Gasteiger partial charge on any atom is 0.284 e. The summed E-state index contributed by atoms with van der Waals surface area (Å²) in [5.74, 6) is -0.430. The minimum Gasteiger partial charge on any atom is -0.383 e. The van der Waals surface area contributed by atoms with Crippen LogP contribution < -0.4 is 5.73 Å². The topological polar surface area (TPSA) is 99.1 Å². The zero-order chi connectivity index (χ0) is 12.5. The van der Waals surface area contributed by atoms with Crippen molar-refractivity contribution in [3.8, 4) is 0 Å². The van der Waals surface area contributed by atoms with Gasteiger partial charge < -0.3 is 5.73 Å². The lowest BCUT2D eigenvalue weighted by Gasteiger charge is -2.06. The Morgan fingerprint density at radius 2 is 2.19 bits per heavy atom. The standard InChI is InChI=1S/C7H4ClF2N3O3/c8-6(14)5-4(7(9)10)2(13(15)16)1-3(11)12-5/h1,7H,(H2,11,12). The summed E-state index contributed by atoms with van der Waals surface area (Å²) in [7, 11) is 0. The Hall–Kier alpha value is -1.83. The Kier molecular flexibility index (Phi) is 3.33. The molecule has 1 rings (SSSR count). The first-order valence-corrected chi connectivity index (χ1v) is 4.15. The first-order valence-electron chi connectivity index (χ1n) is 3.77. The molecule has 0 amide bonds.